The van der Waals surface area contributed by atoms with Crippen molar-refractivity contribution in [3.63, 3.8) is 0 Å². The first-order chi connectivity index (χ1) is 4.73. The molecule has 0 aliphatic heterocycles. The van der Waals surface area contributed by atoms with E-state index in [1.54, 1.807) is 0 Å². The van der Waals surface area contributed by atoms with Crippen molar-refractivity contribution < 1.29 is 15.3 Å². The molecule has 0 aliphatic rings. The quantitative estimate of drug-likeness (QED) is 0.480. The summed E-state index contributed by atoms with van der Waals surface area (Å²) in [6.07, 6.45) is 0. The van der Waals surface area contributed by atoms with Crippen LogP contribution in [0, 0.1) is 0 Å². The second kappa shape index (κ2) is 59.6. The van der Waals surface area contributed by atoms with Crippen LogP contribution in [0.3, 0.4) is 0 Å². The predicted molar refractivity (Wildman–Crippen MR) is 46.8 cm³/mol. The normalized spacial score (nSPS) is 4.09. The molecule has 0 unspecified atom stereocenters. The fourth-order valence-electron chi connectivity index (χ4n) is 0. The van der Waals surface area contributed by atoms with E-state index in [2.05, 4.69) is 0 Å². The first kappa shape index (κ1) is 29.3. The third-order valence-corrected chi connectivity index (χ3v) is 0. The van der Waals surface area contributed by atoms with Crippen LogP contribution in [0.25, 0.3) is 0 Å². The van der Waals surface area contributed by atoms with Crippen LogP contribution < -0.4 is 15.3 Å². The maximum Gasteiger partial charge on any atom is 3.00 e. The Hall–Kier alpha value is 1.81. The van der Waals surface area contributed by atoms with Gasteiger partial charge in [0, 0.05) is 0 Å². The molecule has 11 heavy (non-hydrogen) atoms. The zero-order chi connectivity index (χ0) is 9.58. The summed E-state index contributed by atoms with van der Waals surface area (Å²) in [6, 6.07) is 0. The first-order valence-electron chi connectivity index (χ1n) is 1.88. The molecule has 0 heterocycles. The zero-order valence-electron chi connectivity index (χ0n) is 6.51. The van der Waals surface area contributed by atoms with Crippen molar-refractivity contribution in [2.75, 3.05) is 21.3 Å². The topological polar surface area (TPSA) is 69.2 Å². The van der Waals surface area contributed by atoms with Crippen LogP contribution in [0.15, 0.2) is 0 Å². The van der Waals surface area contributed by atoms with Gasteiger partial charge in [-0.05, 0) is 0 Å². The number of halogens is 3. The molecule has 0 fully saturated rings. The van der Waals surface area contributed by atoms with Crippen molar-refractivity contribution in [2.45, 2.75) is 0 Å². The third-order valence-electron chi connectivity index (χ3n) is 0. The van der Waals surface area contributed by atoms with Crippen LogP contribution in [-0.4, -0.2) is 50.1 Å². The minimum absolute atomic E-state index is 0. The molecule has 0 atom stereocenters. The summed E-state index contributed by atoms with van der Waals surface area (Å²) < 4.78 is 0. The van der Waals surface area contributed by atoms with Crippen LogP contribution in [0.2, 0.25) is 0 Å². The van der Waals surface area contributed by atoms with Gasteiger partial charge in [-0.2, -0.15) is 21.3 Å². The molecule has 0 aliphatic carbocycles. The average Bonchev–Trinajstić information content (AvgIpc) is 1.98. The van der Waals surface area contributed by atoms with Crippen molar-refractivity contribution in [1.82, 2.24) is 0 Å². The minimum atomic E-state index is -1.72. The van der Waals surface area contributed by atoms with Gasteiger partial charge in [-0.25, -0.2) is 30.1 Å². The van der Waals surface area contributed by atoms with Gasteiger partial charge in [0.25, 0.3) is 0 Å². The maximum atomic E-state index is 8.25. The van der Waals surface area contributed by atoms with E-state index in [9.17, 15) is 0 Å². The minimum Gasteiger partial charge on any atom is -0.857 e. The molecule has 66 valence electrons. The molecule has 0 spiro atoms. The van der Waals surface area contributed by atoms with E-state index >= 15 is 0 Å². The summed E-state index contributed by atoms with van der Waals surface area (Å²) in [5.41, 5.74) is 0. The fraction of sp³-hybridized carbons (Fsp3) is 1.00. The van der Waals surface area contributed by atoms with E-state index < -0.39 is 11.4 Å². The molecule has 0 rings (SSSR count). The van der Waals surface area contributed by atoms with Crippen molar-refractivity contribution in [2.24, 2.45) is 0 Å². The Kier molecular flexibility index (Phi) is 159. The van der Waals surface area contributed by atoms with Gasteiger partial charge >= 0.3 is 28.7 Å². The van der Waals surface area contributed by atoms with Crippen molar-refractivity contribution in [3.05, 3.63) is 0 Å². The molecule has 3 nitrogen and oxygen atoms in total. The first-order valence-corrected chi connectivity index (χ1v) is 7.12. The summed E-state index contributed by atoms with van der Waals surface area (Å²) >= 11 is -1.72. The Morgan fingerprint density at radius 2 is 0.727 bits per heavy atom. The van der Waals surface area contributed by atoms with E-state index in [4.69, 9.17) is 45.5 Å². The molecule has 0 saturated heterocycles. The summed E-state index contributed by atoms with van der Waals surface area (Å²) in [5.74, 6) is 0. The Labute approximate surface area is 95.0 Å². The molecule has 8 heteroatoms. The summed E-state index contributed by atoms with van der Waals surface area (Å²) in [4.78, 5) is 0. The Morgan fingerprint density at radius 1 is 0.727 bits per heavy atom. The van der Waals surface area contributed by atoms with E-state index in [1.165, 1.54) is 0 Å². The second-order valence-corrected chi connectivity index (χ2v) is 6.68. The molecular formula is C3H9Al2Cl3O3. The molecule has 0 aromatic rings. The summed E-state index contributed by atoms with van der Waals surface area (Å²) in [7, 11) is 17.1. The van der Waals surface area contributed by atoms with Gasteiger partial charge in [0.2, 0.25) is 0 Å². The van der Waals surface area contributed by atoms with Gasteiger partial charge in [-0.3, -0.25) is 0 Å². The van der Waals surface area contributed by atoms with Crippen LogP contribution in [0.1, 0.15) is 0 Å². The Morgan fingerprint density at radius 3 is 0.727 bits per heavy atom. The summed E-state index contributed by atoms with van der Waals surface area (Å²) in [6.45, 7) is 0. The molecule has 0 aromatic carbocycles. The smallest absolute Gasteiger partial charge is 0.857 e. The van der Waals surface area contributed by atoms with Crippen LogP contribution in [-0.2, 0) is 0 Å². The molecule has 0 N–H and O–H groups in total. The summed E-state index contributed by atoms with van der Waals surface area (Å²) in [5, 5.41) is 24.8. The van der Waals surface area contributed by atoms with E-state index in [-0.39, 0.29) is 17.4 Å². The van der Waals surface area contributed by atoms with E-state index in [1.807, 2.05) is 0 Å². The van der Waals surface area contributed by atoms with Crippen LogP contribution >= 0.6 is 30.1 Å². The standard InChI is InChI=1S/3CH3O.2Al.3ClH/c3*1-2;;;;;/h3*1H3;;;3*1H/q3*-1;2*+3;;;/p-3. The molecule has 0 saturated carbocycles. The van der Waals surface area contributed by atoms with Crippen molar-refractivity contribution >= 4 is 58.9 Å². The Bertz CT molecular complexity index is 26.5. The largest absolute Gasteiger partial charge is 3.00 e. The van der Waals surface area contributed by atoms with Gasteiger partial charge < -0.3 is 15.3 Å². The molecule has 0 bridgehead atoms. The maximum absolute atomic E-state index is 8.25. The molecular weight excluding hydrogens is 244 g/mol. The van der Waals surface area contributed by atoms with E-state index in [0.717, 1.165) is 21.3 Å². The van der Waals surface area contributed by atoms with Gasteiger partial charge in [0.05, 0.1) is 0 Å². The van der Waals surface area contributed by atoms with Crippen molar-refractivity contribution in [3.8, 4) is 0 Å². The van der Waals surface area contributed by atoms with Gasteiger partial charge in [-0.1, -0.05) is 0 Å². The molecule has 0 amide bonds. The zero-order valence-corrected chi connectivity index (χ0v) is 11.1. The number of rotatable bonds is 0. The van der Waals surface area contributed by atoms with Gasteiger partial charge in [0.1, 0.15) is 0 Å². The van der Waals surface area contributed by atoms with Crippen LogP contribution in [0.4, 0.5) is 0 Å². The molecule has 0 radical (unpaired) electrons. The van der Waals surface area contributed by atoms with Crippen LogP contribution in [0.5, 0.6) is 0 Å². The number of hydrogen-bond donors (Lipinski definition) is 0. The third kappa shape index (κ3) is 346. The second-order valence-electron chi connectivity index (χ2n) is 0.247. The van der Waals surface area contributed by atoms with E-state index in [0.29, 0.717) is 0 Å². The average molecular weight is 253 g/mol. The molecule has 0 aromatic heterocycles. The van der Waals surface area contributed by atoms with Gasteiger partial charge in [0.15, 0.2) is 0 Å². The SMILES string of the molecule is C[O-].C[O-].C[O-].[Al+3].[Cl][Al]([Cl])[Cl]. The predicted octanol–water partition coefficient (Wildman–Crippen LogP) is -1.76. The van der Waals surface area contributed by atoms with Crippen molar-refractivity contribution in [1.29, 1.82) is 0 Å². The monoisotopic (exact) mass is 252 g/mol. The Balaban J connectivity index is -0.0000000152. The number of hydrogen-bond acceptors (Lipinski definition) is 3. The fourth-order valence-corrected chi connectivity index (χ4v) is 0. The van der Waals surface area contributed by atoms with Gasteiger partial charge in [-0.15, -0.1) is 0 Å².